The minimum Gasteiger partial charge on any atom is -0.468 e. The fourth-order valence-corrected chi connectivity index (χ4v) is 4.13. The first-order valence-corrected chi connectivity index (χ1v) is 12.4. The van der Waals surface area contributed by atoms with Crippen LogP contribution in [-0.4, -0.2) is 35.6 Å². The summed E-state index contributed by atoms with van der Waals surface area (Å²) in [4.78, 5) is 28.1. The molecule has 1 heterocycles. The molecule has 7 heteroatoms. The minimum atomic E-state index is -0.0203. The van der Waals surface area contributed by atoms with Crippen molar-refractivity contribution in [3.8, 4) is 0 Å². The van der Waals surface area contributed by atoms with E-state index in [1.807, 2.05) is 66.9 Å². The fourth-order valence-electron chi connectivity index (χ4n) is 3.57. The zero-order valence-corrected chi connectivity index (χ0v) is 19.6. The molecule has 1 saturated carbocycles. The van der Waals surface area contributed by atoms with E-state index >= 15 is 0 Å². The van der Waals surface area contributed by atoms with Gasteiger partial charge in [-0.15, -0.1) is 11.8 Å². The summed E-state index contributed by atoms with van der Waals surface area (Å²) in [7, 11) is 0. The van der Waals surface area contributed by atoms with Crippen LogP contribution < -0.4 is 10.6 Å². The van der Waals surface area contributed by atoms with Gasteiger partial charge in [-0.1, -0.05) is 24.3 Å². The summed E-state index contributed by atoms with van der Waals surface area (Å²) < 4.78 is 5.53. The first-order valence-electron chi connectivity index (χ1n) is 11.2. The van der Waals surface area contributed by atoms with Crippen LogP contribution in [0.5, 0.6) is 0 Å². The molecule has 0 radical (unpaired) electrons. The second-order valence-electron chi connectivity index (χ2n) is 8.23. The van der Waals surface area contributed by atoms with Gasteiger partial charge in [-0.2, -0.15) is 0 Å². The van der Waals surface area contributed by atoms with Crippen LogP contribution in [0.25, 0.3) is 0 Å². The van der Waals surface area contributed by atoms with Gasteiger partial charge in [-0.3, -0.25) is 14.5 Å². The molecule has 1 fully saturated rings. The zero-order chi connectivity index (χ0) is 23.0. The molecule has 3 aromatic rings. The number of hydrogen-bond donors (Lipinski definition) is 2. The van der Waals surface area contributed by atoms with Crippen molar-refractivity contribution in [3.63, 3.8) is 0 Å². The van der Waals surface area contributed by atoms with E-state index in [2.05, 4.69) is 15.5 Å². The van der Waals surface area contributed by atoms with Gasteiger partial charge in [0.1, 0.15) is 5.76 Å². The monoisotopic (exact) mass is 463 g/mol. The summed E-state index contributed by atoms with van der Waals surface area (Å²) in [6.45, 7) is 1.84. The Morgan fingerprint density at radius 2 is 1.82 bits per heavy atom. The number of thioether (sulfide) groups is 1. The van der Waals surface area contributed by atoms with Gasteiger partial charge >= 0.3 is 0 Å². The highest BCUT2D eigenvalue weighted by Gasteiger charge is 2.23. The lowest BCUT2D eigenvalue weighted by Gasteiger charge is -2.21. The maximum absolute atomic E-state index is 12.6. The van der Waals surface area contributed by atoms with E-state index in [-0.39, 0.29) is 11.8 Å². The van der Waals surface area contributed by atoms with Gasteiger partial charge in [0.05, 0.1) is 18.5 Å². The molecule has 0 atom stereocenters. The van der Waals surface area contributed by atoms with Crippen LogP contribution in [0.3, 0.4) is 0 Å². The Morgan fingerprint density at radius 1 is 1.03 bits per heavy atom. The van der Waals surface area contributed by atoms with Gasteiger partial charge in [0.25, 0.3) is 5.91 Å². The molecule has 2 aromatic carbocycles. The van der Waals surface area contributed by atoms with E-state index in [1.165, 1.54) is 0 Å². The third-order valence-corrected chi connectivity index (χ3v) is 6.33. The van der Waals surface area contributed by atoms with Gasteiger partial charge in [0, 0.05) is 36.0 Å². The lowest BCUT2D eigenvalue weighted by atomic mass is 10.1. The summed E-state index contributed by atoms with van der Waals surface area (Å²) >= 11 is 1.61. The number of rotatable bonds is 11. The van der Waals surface area contributed by atoms with Crippen LogP contribution in [0.1, 0.15) is 40.9 Å². The Bertz CT molecular complexity index is 1060. The number of amides is 2. The summed E-state index contributed by atoms with van der Waals surface area (Å²) in [5.41, 5.74) is 2.60. The van der Waals surface area contributed by atoms with Crippen LogP contribution in [-0.2, 0) is 17.9 Å². The number of carbonyl (C=O) groups is 2. The van der Waals surface area contributed by atoms with Crippen molar-refractivity contribution in [3.05, 3.63) is 83.8 Å². The smallest absolute Gasteiger partial charge is 0.251 e. The third-order valence-electron chi connectivity index (χ3n) is 5.53. The van der Waals surface area contributed by atoms with Gasteiger partial charge < -0.3 is 15.1 Å². The molecule has 33 heavy (non-hydrogen) atoms. The van der Waals surface area contributed by atoms with E-state index in [0.717, 1.165) is 34.7 Å². The van der Waals surface area contributed by atoms with Gasteiger partial charge in [0.2, 0.25) is 5.91 Å². The second-order valence-corrected chi connectivity index (χ2v) is 9.08. The number of carbonyl (C=O) groups excluding carboxylic acids is 2. The highest BCUT2D eigenvalue weighted by atomic mass is 32.2. The number of furan rings is 1. The van der Waals surface area contributed by atoms with Crippen molar-refractivity contribution in [2.45, 2.75) is 43.3 Å². The molecule has 1 aromatic heterocycles. The van der Waals surface area contributed by atoms with Crippen molar-refractivity contribution in [2.24, 2.45) is 0 Å². The zero-order valence-electron chi connectivity index (χ0n) is 18.8. The topological polar surface area (TPSA) is 74.6 Å². The first kappa shape index (κ1) is 23.1. The predicted molar refractivity (Wildman–Crippen MR) is 131 cm³/mol. The van der Waals surface area contributed by atoms with Crippen molar-refractivity contribution >= 4 is 29.3 Å². The van der Waals surface area contributed by atoms with Crippen molar-refractivity contribution in [1.82, 2.24) is 10.2 Å². The van der Waals surface area contributed by atoms with E-state index in [1.54, 1.807) is 18.0 Å². The number of hydrogen-bond acceptors (Lipinski definition) is 5. The minimum absolute atomic E-state index is 0.0151. The van der Waals surface area contributed by atoms with Crippen LogP contribution in [0.15, 0.2) is 76.2 Å². The molecular formula is C26H29N3O3S. The van der Waals surface area contributed by atoms with Gasteiger partial charge in [-0.25, -0.2) is 0 Å². The number of benzene rings is 2. The molecular weight excluding hydrogens is 434 g/mol. The Balaban J connectivity index is 1.36. The number of nitrogens with one attached hydrogen (secondary N) is 2. The van der Waals surface area contributed by atoms with E-state index < -0.39 is 0 Å². The Labute approximate surface area is 198 Å². The molecule has 0 bridgehead atoms. The SMILES string of the molecule is CSc1ccccc1NC(=O)CCN(Cc1ccc(C(=O)NC2CC2)cc1)Cc1ccco1. The van der Waals surface area contributed by atoms with Crippen LogP contribution >= 0.6 is 11.8 Å². The molecule has 0 saturated heterocycles. The normalized spacial score (nSPS) is 13.2. The lowest BCUT2D eigenvalue weighted by Crippen LogP contribution is -2.27. The Kier molecular flexibility index (Phi) is 7.86. The van der Waals surface area contributed by atoms with E-state index in [0.29, 0.717) is 37.7 Å². The molecule has 0 unspecified atom stereocenters. The summed E-state index contributed by atoms with van der Waals surface area (Å²) in [6, 6.07) is 19.6. The lowest BCUT2D eigenvalue weighted by molar-refractivity contribution is -0.116. The average Bonchev–Trinajstić information content (AvgIpc) is 3.49. The summed E-state index contributed by atoms with van der Waals surface area (Å²) in [5.74, 6) is 0.815. The highest BCUT2D eigenvalue weighted by Crippen LogP contribution is 2.25. The molecule has 2 N–H and O–H groups in total. The highest BCUT2D eigenvalue weighted by molar-refractivity contribution is 7.98. The molecule has 0 spiro atoms. The predicted octanol–water partition coefficient (Wildman–Crippen LogP) is 4.92. The largest absolute Gasteiger partial charge is 0.468 e. The third kappa shape index (κ3) is 6.97. The van der Waals surface area contributed by atoms with Crippen molar-refractivity contribution < 1.29 is 14.0 Å². The molecule has 1 aliphatic rings. The van der Waals surface area contributed by atoms with E-state index in [9.17, 15) is 9.59 Å². The molecule has 2 amide bonds. The van der Waals surface area contributed by atoms with Gasteiger partial charge in [0.15, 0.2) is 0 Å². The first-order chi connectivity index (χ1) is 16.1. The van der Waals surface area contributed by atoms with Crippen LogP contribution in [0.2, 0.25) is 0 Å². The van der Waals surface area contributed by atoms with Gasteiger partial charge in [-0.05, 0) is 61.1 Å². The molecule has 4 rings (SSSR count). The Morgan fingerprint density at radius 3 is 2.52 bits per heavy atom. The van der Waals surface area contributed by atoms with Crippen LogP contribution in [0.4, 0.5) is 5.69 Å². The van der Waals surface area contributed by atoms with Crippen molar-refractivity contribution in [1.29, 1.82) is 0 Å². The molecule has 0 aliphatic heterocycles. The maximum Gasteiger partial charge on any atom is 0.251 e. The molecule has 6 nitrogen and oxygen atoms in total. The number of anilines is 1. The molecule has 172 valence electrons. The number of nitrogens with zero attached hydrogens (tertiary/aromatic N) is 1. The second kappa shape index (κ2) is 11.2. The van der Waals surface area contributed by atoms with Crippen LogP contribution in [0, 0.1) is 0 Å². The fraction of sp³-hybridized carbons (Fsp3) is 0.308. The summed E-state index contributed by atoms with van der Waals surface area (Å²) in [5, 5.41) is 6.04. The standard InChI is InChI=1S/C26H29N3O3S/c1-33-24-7-3-2-6-23(24)28-25(30)14-15-29(18-22-5-4-16-32-22)17-19-8-10-20(11-9-19)26(31)27-21-12-13-21/h2-11,16,21H,12-15,17-18H2,1H3,(H,27,31)(H,28,30). The van der Waals surface area contributed by atoms with E-state index in [4.69, 9.17) is 4.42 Å². The maximum atomic E-state index is 12.6. The molecule has 1 aliphatic carbocycles. The van der Waals surface area contributed by atoms with Crippen molar-refractivity contribution in [2.75, 3.05) is 18.1 Å². The Hall–Kier alpha value is -3.03. The average molecular weight is 464 g/mol. The quantitative estimate of drug-likeness (QED) is 0.395. The number of para-hydroxylation sites is 1. The summed E-state index contributed by atoms with van der Waals surface area (Å²) in [6.07, 6.45) is 6.17.